The zero-order valence-corrected chi connectivity index (χ0v) is 8.53. The summed E-state index contributed by atoms with van der Waals surface area (Å²) >= 11 is 0. The van der Waals surface area contributed by atoms with Crippen LogP contribution in [0.25, 0.3) is 0 Å². The molecule has 0 aromatic heterocycles. The van der Waals surface area contributed by atoms with Gasteiger partial charge in [-0.25, -0.2) is 9.18 Å². The SMILES string of the molecule is CC=CC(=O)Nc1ccc(F)cc1C(=O)O. The lowest BCUT2D eigenvalue weighted by atomic mass is 10.1. The number of hydrogen-bond acceptors (Lipinski definition) is 2. The van der Waals surface area contributed by atoms with Crippen molar-refractivity contribution in [1.82, 2.24) is 0 Å². The number of carboxylic acids is 1. The molecule has 0 saturated heterocycles. The van der Waals surface area contributed by atoms with Crippen LogP contribution in [0.3, 0.4) is 0 Å². The Kier molecular flexibility index (Phi) is 3.77. The van der Waals surface area contributed by atoms with Crippen molar-refractivity contribution in [2.75, 3.05) is 5.32 Å². The van der Waals surface area contributed by atoms with E-state index in [9.17, 15) is 14.0 Å². The maximum atomic E-state index is 12.8. The third-order valence-electron chi connectivity index (χ3n) is 1.79. The molecule has 5 heteroatoms. The van der Waals surface area contributed by atoms with Crippen LogP contribution in [0.5, 0.6) is 0 Å². The quantitative estimate of drug-likeness (QED) is 0.770. The van der Waals surface area contributed by atoms with Crippen molar-refractivity contribution in [3.05, 3.63) is 41.7 Å². The Morgan fingerprint density at radius 3 is 2.69 bits per heavy atom. The smallest absolute Gasteiger partial charge is 0.337 e. The van der Waals surface area contributed by atoms with Crippen LogP contribution in [0.15, 0.2) is 30.4 Å². The van der Waals surface area contributed by atoms with Gasteiger partial charge in [-0.05, 0) is 31.2 Å². The van der Waals surface area contributed by atoms with Crippen LogP contribution in [0, 0.1) is 5.82 Å². The highest BCUT2D eigenvalue weighted by Crippen LogP contribution is 2.17. The van der Waals surface area contributed by atoms with E-state index in [2.05, 4.69) is 5.32 Å². The average molecular weight is 223 g/mol. The highest BCUT2D eigenvalue weighted by Gasteiger charge is 2.12. The fourth-order valence-corrected chi connectivity index (χ4v) is 1.13. The average Bonchev–Trinajstić information content (AvgIpc) is 2.20. The van der Waals surface area contributed by atoms with Gasteiger partial charge in [-0.15, -0.1) is 0 Å². The van der Waals surface area contributed by atoms with E-state index in [1.54, 1.807) is 6.92 Å². The number of anilines is 1. The number of amides is 1. The van der Waals surface area contributed by atoms with Crippen molar-refractivity contribution in [2.24, 2.45) is 0 Å². The summed E-state index contributed by atoms with van der Waals surface area (Å²) in [5, 5.41) is 11.1. The molecule has 4 nitrogen and oxygen atoms in total. The van der Waals surface area contributed by atoms with Crippen molar-refractivity contribution in [3.8, 4) is 0 Å². The minimum atomic E-state index is -1.30. The van der Waals surface area contributed by atoms with Gasteiger partial charge in [-0.3, -0.25) is 4.79 Å². The Morgan fingerprint density at radius 2 is 2.12 bits per heavy atom. The molecule has 0 unspecified atom stereocenters. The van der Waals surface area contributed by atoms with Gasteiger partial charge in [0, 0.05) is 0 Å². The minimum absolute atomic E-state index is 0.0667. The van der Waals surface area contributed by atoms with Crippen LogP contribution >= 0.6 is 0 Å². The van der Waals surface area contributed by atoms with E-state index in [0.29, 0.717) is 0 Å². The molecule has 84 valence electrons. The molecule has 1 aromatic rings. The highest BCUT2D eigenvalue weighted by atomic mass is 19.1. The van der Waals surface area contributed by atoms with Crippen molar-refractivity contribution < 1.29 is 19.1 Å². The van der Waals surface area contributed by atoms with E-state index in [-0.39, 0.29) is 11.3 Å². The third kappa shape index (κ3) is 2.91. The lowest BCUT2D eigenvalue weighted by Gasteiger charge is -2.06. The lowest BCUT2D eigenvalue weighted by Crippen LogP contribution is -2.12. The van der Waals surface area contributed by atoms with E-state index in [4.69, 9.17) is 5.11 Å². The molecular formula is C11H10FNO3. The van der Waals surface area contributed by atoms with Crippen LogP contribution in [0.2, 0.25) is 0 Å². The predicted octanol–water partition coefficient (Wildman–Crippen LogP) is 2.04. The van der Waals surface area contributed by atoms with E-state index in [1.807, 2.05) is 0 Å². The number of carbonyl (C=O) groups excluding carboxylic acids is 1. The number of carbonyl (C=O) groups is 2. The Labute approximate surface area is 91.4 Å². The number of allylic oxidation sites excluding steroid dienone is 1. The molecule has 0 aliphatic rings. The van der Waals surface area contributed by atoms with Gasteiger partial charge in [-0.2, -0.15) is 0 Å². The second-order valence-electron chi connectivity index (χ2n) is 2.98. The van der Waals surface area contributed by atoms with Gasteiger partial charge in [0.05, 0.1) is 11.3 Å². The van der Waals surface area contributed by atoms with Gasteiger partial charge in [0.2, 0.25) is 5.91 Å². The topological polar surface area (TPSA) is 66.4 Å². The highest BCUT2D eigenvalue weighted by molar-refractivity contribution is 6.04. The normalized spacial score (nSPS) is 10.4. The number of hydrogen-bond donors (Lipinski definition) is 2. The van der Waals surface area contributed by atoms with E-state index >= 15 is 0 Å². The van der Waals surface area contributed by atoms with Crippen LogP contribution in [-0.2, 0) is 4.79 Å². The van der Waals surface area contributed by atoms with Crippen molar-refractivity contribution >= 4 is 17.6 Å². The fraction of sp³-hybridized carbons (Fsp3) is 0.0909. The number of halogens is 1. The zero-order valence-electron chi connectivity index (χ0n) is 8.53. The fourth-order valence-electron chi connectivity index (χ4n) is 1.13. The molecule has 0 saturated carbocycles. The lowest BCUT2D eigenvalue weighted by molar-refractivity contribution is -0.111. The first-order chi connectivity index (χ1) is 7.54. The molecular weight excluding hydrogens is 213 g/mol. The summed E-state index contributed by atoms with van der Waals surface area (Å²) in [4.78, 5) is 22.0. The molecule has 0 radical (unpaired) electrons. The standard InChI is InChI=1S/C11H10FNO3/c1-2-3-10(14)13-9-5-4-7(12)6-8(9)11(15)16/h2-6H,1H3,(H,13,14)(H,15,16). The van der Waals surface area contributed by atoms with E-state index < -0.39 is 17.7 Å². The maximum absolute atomic E-state index is 12.8. The number of carboxylic acid groups (broad SMARTS) is 1. The van der Waals surface area contributed by atoms with Crippen LogP contribution in [0.1, 0.15) is 17.3 Å². The summed E-state index contributed by atoms with van der Waals surface area (Å²) in [6.45, 7) is 1.66. The summed E-state index contributed by atoms with van der Waals surface area (Å²) in [5.41, 5.74) is -0.213. The van der Waals surface area contributed by atoms with Crippen LogP contribution < -0.4 is 5.32 Å². The zero-order chi connectivity index (χ0) is 12.1. The monoisotopic (exact) mass is 223 g/mol. The first-order valence-corrected chi connectivity index (χ1v) is 4.51. The molecule has 1 amide bonds. The second kappa shape index (κ2) is 5.06. The Morgan fingerprint density at radius 1 is 1.44 bits per heavy atom. The molecule has 0 bridgehead atoms. The van der Waals surface area contributed by atoms with Gasteiger partial charge in [0.1, 0.15) is 5.82 Å². The summed E-state index contributed by atoms with van der Waals surface area (Å²) < 4.78 is 12.8. The summed E-state index contributed by atoms with van der Waals surface area (Å²) in [5.74, 6) is -2.42. The van der Waals surface area contributed by atoms with Crippen molar-refractivity contribution in [3.63, 3.8) is 0 Å². The van der Waals surface area contributed by atoms with E-state index in [1.165, 1.54) is 18.2 Å². The molecule has 0 heterocycles. The van der Waals surface area contributed by atoms with Crippen LogP contribution in [0.4, 0.5) is 10.1 Å². The van der Waals surface area contributed by atoms with Gasteiger partial charge in [0.25, 0.3) is 0 Å². The maximum Gasteiger partial charge on any atom is 0.337 e. The molecule has 0 aliphatic heterocycles. The minimum Gasteiger partial charge on any atom is -0.478 e. The first-order valence-electron chi connectivity index (χ1n) is 4.51. The first kappa shape index (κ1) is 11.9. The molecule has 0 aliphatic carbocycles. The predicted molar refractivity (Wildman–Crippen MR) is 56.8 cm³/mol. The van der Waals surface area contributed by atoms with Crippen LogP contribution in [-0.4, -0.2) is 17.0 Å². The molecule has 0 spiro atoms. The Hall–Kier alpha value is -2.17. The third-order valence-corrected chi connectivity index (χ3v) is 1.79. The summed E-state index contributed by atoms with van der Waals surface area (Å²) in [7, 11) is 0. The molecule has 16 heavy (non-hydrogen) atoms. The van der Waals surface area contributed by atoms with Gasteiger partial charge in [-0.1, -0.05) is 6.08 Å². The largest absolute Gasteiger partial charge is 0.478 e. The number of aromatic carboxylic acids is 1. The molecule has 0 atom stereocenters. The molecule has 1 aromatic carbocycles. The van der Waals surface area contributed by atoms with Gasteiger partial charge < -0.3 is 10.4 Å². The molecule has 2 N–H and O–H groups in total. The Bertz CT molecular complexity index is 455. The summed E-state index contributed by atoms with van der Waals surface area (Å²) in [6, 6.07) is 3.14. The number of benzene rings is 1. The van der Waals surface area contributed by atoms with Crippen molar-refractivity contribution in [1.29, 1.82) is 0 Å². The summed E-state index contributed by atoms with van der Waals surface area (Å²) in [6.07, 6.45) is 2.76. The Balaban J connectivity index is 3.04. The van der Waals surface area contributed by atoms with Gasteiger partial charge >= 0.3 is 5.97 Å². The van der Waals surface area contributed by atoms with Crippen molar-refractivity contribution in [2.45, 2.75) is 6.92 Å². The molecule has 1 rings (SSSR count). The molecule has 0 fully saturated rings. The number of nitrogens with one attached hydrogen (secondary N) is 1. The number of rotatable bonds is 3. The van der Waals surface area contributed by atoms with E-state index in [0.717, 1.165) is 12.1 Å². The van der Waals surface area contributed by atoms with Gasteiger partial charge in [0.15, 0.2) is 0 Å². The second-order valence-corrected chi connectivity index (χ2v) is 2.98.